The molecule has 0 radical (unpaired) electrons. The summed E-state index contributed by atoms with van der Waals surface area (Å²) in [4.78, 5) is 28.4. The smallest absolute Gasteiger partial charge is 0.256 e. The van der Waals surface area contributed by atoms with E-state index in [-0.39, 0.29) is 17.0 Å². The zero-order chi connectivity index (χ0) is 20.7. The van der Waals surface area contributed by atoms with Crippen molar-refractivity contribution in [3.05, 3.63) is 75.9 Å². The van der Waals surface area contributed by atoms with Gasteiger partial charge in [0, 0.05) is 34.6 Å². The zero-order valence-corrected chi connectivity index (χ0v) is 16.3. The third-order valence-electron chi connectivity index (χ3n) is 5.03. The van der Waals surface area contributed by atoms with E-state index >= 15 is 0 Å². The van der Waals surface area contributed by atoms with Crippen LogP contribution < -0.4 is 10.9 Å². The lowest BCUT2D eigenvalue weighted by Crippen LogP contribution is -2.29. The van der Waals surface area contributed by atoms with Crippen LogP contribution in [0.4, 0.5) is 15.9 Å². The Morgan fingerprint density at radius 2 is 2.03 bits per heavy atom. The molecule has 4 heterocycles. The average Bonchev–Trinajstić information content (AvgIpc) is 2.71. The maximum absolute atomic E-state index is 14.5. The molecule has 5 rings (SSSR count). The first-order valence-corrected chi connectivity index (χ1v) is 9.60. The Labute approximate surface area is 174 Å². The van der Waals surface area contributed by atoms with Gasteiger partial charge in [-0.3, -0.25) is 9.78 Å². The fourth-order valence-corrected chi connectivity index (χ4v) is 3.58. The van der Waals surface area contributed by atoms with Crippen LogP contribution in [-0.4, -0.2) is 33.1 Å². The molecule has 0 aliphatic carbocycles. The number of halogens is 2. The average molecular weight is 424 g/mol. The molecule has 0 unspecified atom stereocenters. The van der Waals surface area contributed by atoms with Crippen LogP contribution in [0.3, 0.4) is 0 Å². The lowest BCUT2D eigenvalue weighted by molar-refractivity contribution is 0.00695. The van der Waals surface area contributed by atoms with Gasteiger partial charge in [-0.2, -0.15) is 0 Å². The number of nitrogens with zero attached hydrogens (tertiary/aromatic N) is 3. The van der Waals surface area contributed by atoms with Crippen LogP contribution in [0.15, 0.2) is 53.8 Å². The van der Waals surface area contributed by atoms with E-state index in [1.54, 1.807) is 24.5 Å². The fourth-order valence-electron chi connectivity index (χ4n) is 3.40. The summed E-state index contributed by atoms with van der Waals surface area (Å²) in [7, 11) is 0. The Morgan fingerprint density at radius 1 is 1.17 bits per heavy atom. The number of ether oxygens (including phenoxy) is 1. The first kappa shape index (κ1) is 18.7. The number of H-pyrrole nitrogens is 1. The highest BCUT2D eigenvalue weighted by molar-refractivity contribution is 6.30. The van der Waals surface area contributed by atoms with Crippen molar-refractivity contribution in [3.8, 4) is 11.1 Å². The second kappa shape index (κ2) is 7.47. The molecular weight excluding hydrogens is 409 g/mol. The van der Waals surface area contributed by atoms with Gasteiger partial charge >= 0.3 is 0 Å². The van der Waals surface area contributed by atoms with E-state index < -0.39 is 11.4 Å². The maximum Gasteiger partial charge on any atom is 0.256 e. The number of anilines is 2. The fraction of sp³-hybridized carbons (Fsp3) is 0.143. The van der Waals surface area contributed by atoms with Gasteiger partial charge in [-0.15, -0.1) is 0 Å². The molecule has 0 atom stereocenters. The monoisotopic (exact) mass is 423 g/mol. The predicted octanol–water partition coefficient (Wildman–Crippen LogP) is 4.03. The first-order valence-electron chi connectivity index (χ1n) is 9.22. The Bertz CT molecular complexity index is 1320. The molecule has 1 aromatic carbocycles. The van der Waals surface area contributed by atoms with E-state index in [9.17, 15) is 9.18 Å². The van der Waals surface area contributed by atoms with Gasteiger partial charge in [0.15, 0.2) is 0 Å². The molecule has 2 N–H and O–H groups in total. The molecule has 1 saturated heterocycles. The Hall–Kier alpha value is -3.36. The molecule has 7 nitrogen and oxygen atoms in total. The number of nitrogens with one attached hydrogen (secondary N) is 2. The number of pyridine rings is 2. The lowest BCUT2D eigenvalue weighted by Gasteiger charge is -2.28. The van der Waals surface area contributed by atoms with Crippen molar-refractivity contribution in [2.75, 3.05) is 18.5 Å². The quantitative estimate of drug-likeness (QED) is 0.515. The van der Waals surface area contributed by atoms with Crippen LogP contribution in [-0.2, 0) is 4.74 Å². The minimum Gasteiger partial charge on any atom is -0.380 e. The molecule has 1 aliphatic heterocycles. The molecule has 30 heavy (non-hydrogen) atoms. The first-order chi connectivity index (χ1) is 14.6. The summed E-state index contributed by atoms with van der Waals surface area (Å²) in [6.07, 6.45) is 4.75. The third-order valence-corrected chi connectivity index (χ3v) is 5.26. The summed E-state index contributed by atoms with van der Waals surface area (Å²) in [6.45, 7) is 0.975. The van der Waals surface area contributed by atoms with Crippen LogP contribution in [0.5, 0.6) is 0 Å². The van der Waals surface area contributed by atoms with Crippen molar-refractivity contribution in [1.29, 1.82) is 0 Å². The summed E-state index contributed by atoms with van der Waals surface area (Å²) in [6, 6.07) is 7.50. The van der Waals surface area contributed by atoms with Gasteiger partial charge in [-0.25, -0.2) is 14.4 Å². The van der Waals surface area contributed by atoms with Gasteiger partial charge in [0.25, 0.3) is 5.56 Å². The van der Waals surface area contributed by atoms with Crippen molar-refractivity contribution in [2.24, 2.45) is 0 Å². The lowest BCUT2D eigenvalue weighted by atomic mass is 9.98. The van der Waals surface area contributed by atoms with Crippen LogP contribution in [0.25, 0.3) is 22.0 Å². The molecular formula is C21H15ClFN5O2. The zero-order valence-electron chi connectivity index (χ0n) is 15.5. The van der Waals surface area contributed by atoms with Crippen molar-refractivity contribution in [1.82, 2.24) is 19.9 Å². The number of aromatic nitrogens is 4. The summed E-state index contributed by atoms with van der Waals surface area (Å²) in [5, 5.41) is 4.32. The van der Waals surface area contributed by atoms with Crippen molar-refractivity contribution in [3.63, 3.8) is 0 Å². The summed E-state index contributed by atoms with van der Waals surface area (Å²) >= 11 is 6.03. The normalized spacial score (nSPS) is 13.9. The number of fused-ring (bicyclic) bond motifs is 1. The van der Waals surface area contributed by atoms with E-state index in [0.29, 0.717) is 35.4 Å². The molecule has 150 valence electrons. The number of aromatic amines is 1. The van der Waals surface area contributed by atoms with Gasteiger partial charge < -0.3 is 15.0 Å². The van der Waals surface area contributed by atoms with Gasteiger partial charge in [0.1, 0.15) is 18.0 Å². The molecule has 0 bridgehead atoms. The second-order valence-electron chi connectivity index (χ2n) is 6.94. The van der Waals surface area contributed by atoms with Crippen LogP contribution in [0, 0.1) is 5.82 Å². The Morgan fingerprint density at radius 3 is 2.83 bits per heavy atom. The van der Waals surface area contributed by atoms with E-state index in [2.05, 4.69) is 25.3 Å². The van der Waals surface area contributed by atoms with Crippen molar-refractivity contribution >= 4 is 34.0 Å². The minimum atomic E-state index is -0.535. The predicted molar refractivity (Wildman–Crippen MR) is 112 cm³/mol. The van der Waals surface area contributed by atoms with Gasteiger partial charge in [0.05, 0.1) is 35.4 Å². The molecule has 9 heteroatoms. The summed E-state index contributed by atoms with van der Waals surface area (Å²) < 4.78 is 19.7. The van der Waals surface area contributed by atoms with E-state index in [1.807, 2.05) is 0 Å². The second-order valence-corrected chi connectivity index (χ2v) is 7.37. The molecule has 4 aromatic rings. The van der Waals surface area contributed by atoms with Crippen LogP contribution >= 0.6 is 11.6 Å². The van der Waals surface area contributed by atoms with Crippen LogP contribution in [0.2, 0.25) is 5.02 Å². The topological polar surface area (TPSA) is 92.8 Å². The largest absolute Gasteiger partial charge is 0.380 e. The van der Waals surface area contributed by atoms with Crippen molar-refractivity contribution < 1.29 is 9.13 Å². The van der Waals surface area contributed by atoms with Crippen molar-refractivity contribution in [2.45, 2.75) is 5.92 Å². The molecule has 3 aromatic heterocycles. The Kier molecular flexibility index (Phi) is 4.65. The van der Waals surface area contributed by atoms with Gasteiger partial charge in [-0.1, -0.05) is 11.6 Å². The van der Waals surface area contributed by atoms with Crippen LogP contribution in [0.1, 0.15) is 11.6 Å². The third kappa shape index (κ3) is 3.30. The molecule has 0 saturated carbocycles. The van der Waals surface area contributed by atoms with E-state index in [0.717, 1.165) is 10.9 Å². The molecule has 1 fully saturated rings. The summed E-state index contributed by atoms with van der Waals surface area (Å²) in [5.41, 5.74) is 1.88. The Balaban J connectivity index is 1.67. The molecule has 1 aliphatic rings. The number of hydrogen-bond donors (Lipinski definition) is 2. The standard InChI is InChI=1S/C21H15ClFN5O2/c22-12-1-2-16(23)13(5-12)14-6-18(19(28-21(14)29)11-8-30-9-11)27-20-15-7-24-4-3-17(15)25-10-26-20/h1-7,10-11H,8-9H2,(H,28,29)(H,25,26,27). The maximum atomic E-state index is 14.5. The van der Waals surface area contributed by atoms with E-state index in [4.69, 9.17) is 16.3 Å². The van der Waals surface area contributed by atoms with Gasteiger partial charge in [0.2, 0.25) is 0 Å². The molecule has 0 amide bonds. The van der Waals surface area contributed by atoms with Gasteiger partial charge in [-0.05, 0) is 30.3 Å². The highest BCUT2D eigenvalue weighted by Gasteiger charge is 2.26. The molecule has 0 spiro atoms. The minimum absolute atomic E-state index is 0.0182. The number of rotatable bonds is 4. The summed E-state index contributed by atoms with van der Waals surface area (Å²) in [5.74, 6) is 0.0103. The highest BCUT2D eigenvalue weighted by Crippen LogP contribution is 2.34. The van der Waals surface area contributed by atoms with E-state index in [1.165, 1.54) is 24.5 Å². The SMILES string of the molecule is O=c1[nH]c(C2COC2)c(Nc2ncnc3ccncc23)cc1-c1cc(Cl)ccc1F. The number of hydrogen-bond acceptors (Lipinski definition) is 6. The highest BCUT2D eigenvalue weighted by atomic mass is 35.5. The number of benzene rings is 1.